The third kappa shape index (κ3) is 6.18. The van der Waals surface area contributed by atoms with E-state index in [-0.39, 0.29) is 12.6 Å². The molecule has 0 atom stereocenters. The number of ether oxygens (including phenoxy) is 1. The highest BCUT2D eigenvalue weighted by atomic mass is 16.5. The first kappa shape index (κ1) is 16.5. The minimum atomic E-state index is -0.305. The van der Waals surface area contributed by atoms with Crippen LogP contribution in [0.25, 0.3) is 12.2 Å². The molecule has 2 heteroatoms. The molecule has 0 fully saturated rings. The lowest BCUT2D eigenvalue weighted by Gasteiger charge is -2.01. The Kier molecular flexibility index (Phi) is 6.61. The summed E-state index contributed by atoms with van der Waals surface area (Å²) in [4.78, 5) is 11.8. The number of allylic oxidation sites excluding steroid dienone is 2. The maximum absolute atomic E-state index is 11.8. The van der Waals surface area contributed by atoms with Crippen LogP contribution in [0.3, 0.4) is 0 Å². The molecule has 116 valence electrons. The van der Waals surface area contributed by atoms with Crippen molar-refractivity contribution in [2.24, 2.45) is 0 Å². The highest BCUT2D eigenvalue weighted by Crippen LogP contribution is 2.04. The standard InChI is InChI=1S/C21H20O2/c1-18(10-8-15-19-11-4-2-5-12-19)21(22)23-17-9-16-20-13-6-3-7-14-20/h2-16H,17H2,1H3. The highest BCUT2D eigenvalue weighted by molar-refractivity contribution is 5.88. The summed E-state index contributed by atoms with van der Waals surface area (Å²) in [6.45, 7) is 2.01. The molecule has 0 saturated carbocycles. The van der Waals surface area contributed by atoms with Crippen molar-refractivity contribution in [3.63, 3.8) is 0 Å². The molecule has 0 aromatic heterocycles. The summed E-state index contributed by atoms with van der Waals surface area (Å²) < 4.78 is 5.20. The molecule has 0 bridgehead atoms. The van der Waals surface area contributed by atoms with Crippen LogP contribution in [0, 0.1) is 0 Å². The van der Waals surface area contributed by atoms with Crippen LogP contribution >= 0.6 is 0 Å². The summed E-state index contributed by atoms with van der Waals surface area (Å²) in [6.07, 6.45) is 9.33. The van der Waals surface area contributed by atoms with Gasteiger partial charge in [0.05, 0.1) is 0 Å². The summed E-state index contributed by atoms with van der Waals surface area (Å²) in [5.74, 6) is -0.305. The number of carbonyl (C=O) groups is 1. The van der Waals surface area contributed by atoms with Crippen molar-refractivity contribution in [3.8, 4) is 0 Å². The minimum Gasteiger partial charge on any atom is -0.458 e. The van der Waals surface area contributed by atoms with Gasteiger partial charge in [-0.2, -0.15) is 0 Å². The van der Waals surface area contributed by atoms with E-state index in [0.29, 0.717) is 5.57 Å². The van der Waals surface area contributed by atoms with Crippen molar-refractivity contribution in [1.82, 2.24) is 0 Å². The average molecular weight is 304 g/mol. The fraction of sp³-hybridized carbons (Fsp3) is 0.0952. The Hall–Kier alpha value is -2.87. The van der Waals surface area contributed by atoms with Gasteiger partial charge in [-0.25, -0.2) is 4.79 Å². The van der Waals surface area contributed by atoms with Crippen LogP contribution in [0.5, 0.6) is 0 Å². The Bertz CT molecular complexity index is 695. The van der Waals surface area contributed by atoms with E-state index in [0.717, 1.165) is 11.1 Å². The monoisotopic (exact) mass is 304 g/mol. The molecule has 2 rings (SSSR count). The Morgan fingerprint density at radius 1 is 0.913 bits per heavy atom. The van der Waals surface area contributed by atoms with E-state index in [1.807, 2.05) is 85.0 Å². The predicted molar refractivity (Wildman–Crippen MR) is 95.7 cm³/mol. The van der Waals surface area contributed by atoms with E-state index in [1.54, 1.807) is 13.0 Å². The second-order valence-electron chi connectivity index (χ2n) is 5.03. The third-order valence-electron chi connectivity index (χ3n) is 3.18. The van der Waals surface area contributed by atoms with Gasteiger partial charge in [-0.05, 0) is 24.1 Å². The molecule has 0 radical (unpaired) electrons. The normalized spacial score (nSPS) is 12.0. The Morgan fingerprint density at radius 3 is 2.09 bits per heavy atom. The molecule has 0 saturated heterocycles. The molecular formula is C21H20O2. The lowest BCUT2D eigenvalue weighted by atomic mass is 10.2. The van der Waals surface area contributed by atoms with E-state index >= 15 is 0 Å². The number of rotatable bonds is 6. The number of hydrogen-bond donors (Lipinski definition) is 0. The van der Waals surface area contributed by atoms with E-state index in [2.05, 4.69) is 0 Å². The molecule has 0 spiro atoms. The van der Waals surface area contributed by atoms with Gasteiger partial charge in [0.1, 0.15) is 6.61 Å². The number of esters is 1. The van der Waals surface area contributed by atoms with Crippen molar-refractivity contribution >= 4 is 18.1 Å². The van der Waals surface area contributed by atoms with Crippen LogP contribution in [0.2, 0.25) is 0 Å². The molecule has 0 aliphatic rings. The number of hydrogen-bond acceptors (Lipinski definition) is 2. The van der Waals surface area contributed by atoms with Crippen molar-refractivity contribution in [2.45, 2.75) is 6.92 Å². The fourth-order valence-corrected chi connectivity index (χ4v) is 1.92. The van der Waals surface area contributed by atoms with Gasteiger partial charge in [0.15, 0.2) is 0 Å². The summed E-state index contributed by atoms with van der Waals surface area (Å²) >= 11 is 0. The van der Waals surface area contributed by atoms with Crippen LogP contribution in [0.15, 0.2) is 84.5 Å². The molecule has 0 aliphatic heterocycles. The summed E-state index contributed by atoms with van der Waals surface area (Å²) in [5, 5.41) is 0. The Morgan fingerprint density at radius 2 is 1.48 bits per heavy atom. The summed E-state index contributed by atoms with van der Waals surface area (Å²) in [6, 6.07) is 19.8. The molecule has 2 nitrogen and oxygen atoms in total. The predicted octanol–water partition coefficient (Wildman–Crippen LogP) is 4.90. The first-order chi connectivity index (χ1) is 11.3. The zero-order valence-corrected chi connectivity index (χ0v) is 13.2. The Labute approximate surface area is 137 Å². The van der Waals surface area contributed by atoms with Crippen LogP contribution in [0.4, 0.5) is 0 Å². The minimum absolute atomic E-state index is 0.265. The number of benzene rings is 2. The van der Waals surface area contributed by atoms with Crippen LogP contribution < -0.4 is 0 Å². The van der Waals surface area contributed by atoms with Gasteiger partial charge < -0.3 is 4.74 Å². The van der Waals surface area contributed by atoms with E-state index in [9.17, 15) is 4.79 Å². The zero-order valence-electron chi connectivity index (χ0n) is 13.2. The van der Waals surface area contributed by atoms with Crippen molar-refractivity contribution < 1.29 is 9.53 Å². The second kappa shape index (κ2) is 9.21. The largest absolute Gasteiger partial charge is 0.458 e. The van der Waals surface area contributed by atoms with Crippen LogP contribution in [0.1, 0.15) is 18.1 Å². The molecule has 23 heavy (non-hydrogen) atoms. The van der Waals surface area contributed by atoms with Crippen LogP contribution in [-0.2, 0) is 9.53 Å². The summed E-state index contributed by atoms with van der Waals surface area (Å²) in [5.41, 5.74) is 2.75. The Balaban J connectivity index is 1.79. The van der Waals surface area contributed by atoms with Gasteiger partial charge in [0, 0.05) is 5.57 Å². The third-order valence-corrected chi connectivity index (χ3v) is 3.18. The van der Waals surface area contributed by atoms with E-state index in [1.165, 1.54) is 0 Å². The highest BCUT2D eigenvalue weighted by Gasteiger charge is 2.02. The van der Waals surface area contributed by atoms with Crippen molar-refractivity contribution in [1.29, 1.82) is 0 Å². The number of carbonyl (C=O) groups excluding carboxylic acids is 1. The molecule has 0 unspecified atom stereocenters. The van der Waals surface area contributed by atoms with Gasteiger partial charge in [-0.1, -0.05) is 85.0 Å². The van der Waals surface area contributed by atoms with Gasteiger partial charge in [0.2, 0.25) is 0 Å². The summed E-state index contributed by atoms with van der Waals surface area (Å²) in [7, 11) is 0. The van der Waals surface area contributed by atoms with Crippen molar-refractivity contribution in [3.05, 3.63) is 95.6 Å². The van der Waals surface area contributed by atoms with Gasteiger partial charge in [-0.15, -0.1) is 0 Å². The lowest BCUT2D eigenvalue weighted by Crippen LogP contribution is -2.05. The SMILES string of the molecule is CC(=CC=Cc1ccccc1)C(=O)OCC=Cc1ccccc1. The first-order valence-corrected chi connectivity index (χ1v) is 7.54. The molecule has 0 aliphatic carbocycles. The lowest BCUT2D eigenvalue weighted by molar-refractivity contribution is -0.137. The first-order valence-electron chi connectivity index (χ1n) is 7.54. The molecule has 2 aromatic carbocycles. The maximum Gasteiger partial charge on any atom is 0.334 e. The molecule has 0 heterocycles. The van der Waals surface area contributed by atoms with Gasteiger partial charge in [-0.3, -0.25) is 0 Å². The molecule has 0 N–H and O–H groups in total. The zero-order chi connectivity index (χ0) is 16.3. The second-order valence-corrected chi connectivity index (χ2v) is 5.03. The smallest absolute Gasteiger partial charge is 0.334 e. The molecular weight excluding hydrogens is 284 g/mol. The maximum atomic E-state index is 11.8. The van der Waals surface area contributed by atoms with E-state index < -0.39 is 0 Å². The molecule has 2 aromatic rings. The van der Waals surface area contributed by atoms with Crippen LogP contribution in [-0.4, -0.2) is 12.6 Å². The van der Waals surface area contributed by atoms with E-state index in [4.69, 9.17) is 4.74 Å². The van der Waals surface area contributed by atoms with Crippen molar-refractivity contribution in [2.75, 3.05) is 6.61 Å². The fourth-order valence-electron chi connectivity index (χ4n) is 1.92. The van der Waals surface area contributed by atoms with Gasteiger partial charge >= 0.3 is 5.97 Å². The topological polar surface area (TPSA) is 26.3 Å². The average Bonchev–Trinajstić information content (AvgIpc) is 2.60. The molecule has 0 amide bonds. The quantitative estimate of drug-likeness (QED) is 0.431. The van der Waals surface area contributed by atoms with Gasteiger partial charge in [0.25, 0.3) is 0 Å².